The van der Waals surface area contributed by atoms with Gasteiger partial charge in [-0.25, -0.2) is 4.98 Å². The number of nitrogens with zero attached hydrogens (tertiary/aromatic N) is 2. The molecular weight excluding hydrogens is 272 g/mol. The van der Waals surface area contributed by atoms with E-state index >= 15 is 0 Å². The summed E-state index contributed by atoms with van der Waals surface area (Å²) in [6.45, 7) is 0. The van der Waals surface area contributed by atoms with E-state index in [2.05, 4.69) is 27.1 Å². The molecule has 0 saturated carbocycles. The minimum absolute atomic E-state index is 0.503. The minimum atomic E-state index is 0.503. The van der Waals surface area contributed by atoms with E-state index in [0.717, 1.165) is 33.4 Å². The maximum Gasteiger partial charge on any atom is 0.123 e. The van der Waals surface area contributed by atoms with Gasteiger partial charge in [-0.2, -0.15) is 0 Å². The highest BCUT2D eigenvalue weighted by atomic mass is 14.8. The molecule has 4 rings (SSSR count). The van der Waals surface area contributed by atoms with Gasteiger partial charge in [0, 0.05) is 23.5 Å². The molecule has 4 heteroatoms. The van der Waals surface area contributed by atoms with E-state index in [1.807, 2.05) is 48.7 Å². The summed E-state index contributed by atoms with van der Waals surface area (Å²) in [4.78, 5) is 12.1. The molecule has 4 aromatic rings. The van der Waals surface area contributed by atoms with Crippen LogP contribution in [0.2, 0.25) is 0 Å². The molecule has 22 heavy (non-hydrogen) atoms. The Balaban J connectivity index is 2.06. The summed E-state index contributed by atoms with van der Waals surface area (Å²) >= 11 is 0. The largest absolute Gasteiger partial charge is 0.384 e. The monoisotopic (exact) mass is 286 g/mol. The number of anilines is 1. The second-order valence-electron chi connectivity index (χ2n) is 5.11. The Hall–Kier alpha value is -3.14. The van der Waals surface area contributed by atoms with Gasteiger partial charge in [0.05, 0.1) is 16.7 Å². The highest BCUT2D eigenvalue weighted by Crippen LogP contribution is 2.37. The third kappa shape index (κ3) is 2.02. The summed E-state index contributed by atoms with van der Waals surface area (Å²) in [6, 6.07) is 18.0. The summed E-state index contributed by atoms with van der Waals surface area (Å²) in [5, 5.41) is 0. The first-order valence-electron chi connectivity index (χ1n) is 7.07. The van der Waals surface area contributed by atoms with Crippen LogP contribution in [-0.2, 0) is 0 Å². The number of aromatic nitrogens is 3. The van der Waals surface area contributed by atoms with Gasteiger partial charge in [0.1, 0.15) is 5.82 Å². The van der Waals surface area contributed by atoms with Crippen LogP contribution in [0.4, 0.5) is 5.82 Å². The zero-order chi connectivity index (χ0) is 14.9. The maximum atomic E-state index is 5.84. The molecule has 0 aliphatic rings. The molecular formula is C18H14N4. The van der Waals surface area contributed by atoms with E-state index in [0.29, 0.717) is 5.82 Å². The molecule has 0 saturated heterocycles. The van der Waals surface area contributed by atoms with Gasteiger partial charge in [0.25, 0.3) is 0 Å². The van der Waals surface area contributed by atoms with E-state index in [-0.39, 0.29) is 0 Å². The number of benzene rings is 1. The van der Waals surface area contributed by atoms with Gasteiger partial charge in [0.2, 0.25) is 0 Å². The van der Waals surface area contributed by atoms with Crippen LogP contribution in [0.3, 0.4) is 0 Å². The predicted octanol–water partition coefficient (Wildman–Crippen LogP) is 3.87. The normalized spacial score (nSPS) is 10.9. The van der Waals surface area contributed by atoms with Crippen molar-refractivity contribution in [3.8, 4) is 22.4 Å². The first kappa shape index (κ1) is 12.6. The lowest BCUT2D eigenvalue weighted by Gasteiger charge is -2.05. The average molecular weight is 286 g/mol. The number of hydrogen-bond acceptors (Lipinski definition) is 3. The van der Waals surface area contributed by atoms with Gasteiger partial charge in [-0.05, 0) is 29.8 Å². The molecule has 106 valence electrons. The van der Waals surface area contributed by atoms with Crippen molar-refractivity contribution in [2.24, 2.45) is 0 Å². The van der Waals surface area contributed by atoms with Crippen LogP contribution in [-0.4, -0.2) is 15.0 Å². The smallest absolute Gasteiger partial charge is 0.123 e. The number of nitrogens with two attached hydrogens (primary N) is 1. The zero-order valence-electron chi connectivity index (χ0n) is 11.8. The van der Waals surface area contributed by atoms with Crippen molar-refractivity contribution in [1.82, 2.24) is 15.0 Å². The van der Waals surface area contributed by atoms with E-state index < -0.39 is 0 Å². The fourth-order valence-electron chi connectivity index (χ4n) is 2.73. The lowest BCUT2D eigenvalue weighted by molar-refractivity contribution is 1.33. The van der Waals surface area contributed by atoms with Crippen LogP contribution in [0.5, 0.6) is 0 Å². The Bertz CT molecular complexity index is 942. The Morgan fingerprint density at radius 1 is 0.818 bits per heavy atom. The van der Waals surface area contributed by atoms with Gasteiger partial charge in [-0.15, -0.1) is 0 Å². The highest BCUT2D eigenvalue weighted by molar-refractivity contribution is 6.01. The lowest BCUT2D eigenvalue weighted by Crippen LogP contribution is -1.90. The van der Waals surface area contributed by atoms with Crippen LogP contribution in [0.1, 0.15) is 0 Å². The average Bonchev–Trinajstić information content (AvgIpc) is 2.95. The number of pyridine rings is 2. The first-order chi connectivity index (χ1) is 10.8. The number of nitrogens with one attached hydrogen (secondary N) is 1. The Labute approximate surface area is 127 Å². The number of rotatable bonds is 2. The van der Waals surface area contributed by atoms with E-state index in [9.17, 15) is 0 Å². The van der Waals surface area contributed by atoms with Crippen molar-refractivity contribution in [3.63, 3.8) is 0 Å². The molecule has 3 N–H and O–H groups in total. The molecule has 0 radical (unpaired) electrons. The van der Waals surface area contributed by atoms with Gasteiger partial charge in [-0.1, -0.05) is 30.3 Å². The summed E-state index contributed by atoms with van der Waals surface area (Å²) in [5.74, 6) is 0.503. The van der Waals surface area contributed by atoms with Gasteiger partial charge in [-0.3, -0.25) is 4.98 Å². The van der Waals surface area contributed by atoms with Gasteiger partial charge < -0.3 is 10.7 Å². The molecule has 0 bridgehead atoms. The quantitative estimate of drug-likeness (QED) is 0.587. The van der Waals surface area contributed by atoms with Crippen molar-refractivity contribution in [2.45, 2.75) is 0 Å². The molecule has 3 aromatic heterocycles. The molecule has 0 spiro atoms. The lowest BCUT2D eigenvalue weighted by atomic mass is 10.0. The summed E-state index contributed by atoms with van der Waals surface area (Å²) in [5.41, 5.74) is 12.0. The summed E-state index contributed by atoms with van der Waals surface area (Å²) < 4.78 is 0. The third-order valence-electron chi connectivity index (χ3n) is 3.69. The van der Waals surface area contributed by atoms with E-state index in [1.54, 1.807) is 6.20 Å². The SMILES string of the molecule is Nc1cc(-c2[nH]c3cccnc3c2-c2ccccc2)ccn1. The van der Waals surface area contributed by atoms with E-state index in [4.69, 9.17) is 5.73 Å². The third-order valence-corrected chi connectivity index (χ3v) is 3.69. The molecule has 0 unspecified atom stereocenters. The van der Waals surface area contributed by atoms with Crippen LogP contribution < -0.4 is 5.73 Å². The summed E-state index contributed by atoms with van der Waals surface area (Å²) in [6.07, 6.45) is 3.53. The highest BCUT2D eigenvalue weighted by Gasteiger charge is 2.15. The van der Waals surface area contributed by atoms with Crippen molar-refractivity contribution in [1.29, 1.82) is 0 Å². The van der Waals surface area contributed by atoms with Crippen molar-refractivity contribution < 1.29 is 0 Å². The zero-order valence-corrected chi connectivity index (χ0v) is 11.8. The molecule has 4 nitrogen and oxygen atoms in total. The van der Waals surface area contributed by atoms with Crippen LogP contribution in [0, 0.1) is 0 Å². The van der Waals surface area contributed by atoms with Crippen LogP contribution in [0.15, 0.2) is 67.0 Å². The number of fused-ring (bicyclic) bond motifs is 1. The number of nitrogen functional groups attached to an aromatic ring is 1. The molecule has 3 heterocycles. The molecule has 0 aliphatic heterocycles. The van der Waals surface area contributed by atoms with Gasteiger partial charge >= 0.3 is 0 Å². The maximum absolute atomic E-state index is 5.84. The number of hydrogen-bond donors (Lipinski definition) is 2. The second-order valence-corrected chi connectivity index (χ2v) is 5.11. The topological polar surface area (TPSA) is 67.6 Å². The van der Waals surface area contributed by atoms with Crippen molar-refractivity contribution in [3.05, 3.63) is 67.0 Å². The van der Waals surface area contributed by atoms with Crippen LogP contribution in [0.25, 0.3) is 33.4 Å². The minimum Gasteiger partial charge on any atom is -0.384 e. The molecule has 0 fully saturated rings. The fourth-order valence-corrected chi connectivity index (χ4v) is 2.73. The Kier molecular flexibility index (Phi) is 2.86. The second kappa shape index (κ2) is 5.00. The number of H-pyrrole nitrogens is 1. The van der Waals surface area contributed by atoms with Gasteiger partial charge in [0.15, 0.2) is 0 Å². The fraction of sp³-hybridized carbons (Fsp3) is 0. The number of aromatic amines is 1. The summed E-state index contributed by atoms with van der Waals surface area (Å²) in [7, 11) is 0. The first-order valence-corrected chi connectivity index (χ1v) is 7.07. The molecule has 0 amide bonds. The van der Waals surface area contributed by atoms with E-state index in [1.165, 1.54) is 0 Å². The Morgan fingerprint density at radius 3 is 2.50 bits per heavy atom. The molecule has 0 atom stereocenters. The predicted molar refractivity (Wildman–Crippen MR) is 89.2 cm³/mol. The van der Waals surface area contributed by atoms with Crippen molar-refractivity contribution >= 4 is 16.9 Å². The van der Waals surface area contributed by atoms with Crippen molar-refractivity contribution in [2.75, 3.05) is 5.73 Å². The standard InChI is InChI=1S/C18H14N4/c19-15-11-13(8-10-20-15)17-16(12-5-2-1-3-6-12)18-14(22-17)7-4-9-21-18/h1-11,22H,(H2,19,20). The molecule has 0 aliphatic carbocycles. The van der Waals surface area contributed by atoms with Crippen LogP contribution >= 0.6 is 0 Å². The molecule has 1 aromatic carbocycles. The Morgan fingerprint density at radius 2 is 1.68 bits per heavy atom.